The van der Waals surface area contributed by atoms with E-state index in [9.17, 15) is 14.0 Å². The predicted octanol–water partition coefficient (Wildman–Crippen LogP) is 2.90. The number of primary amides is 1. The Balaban J connectivity index is 2.03. The molecular formula is C16H14ClFN2O3. The highest BCUT2D eigenvalue weighted by Crippen LogP contribution is 2.21. The van der Waals surface area contributed by atoms with Crippen molar-refractivity contribution in [1.29, 1.82) is 0 Å². The summed E-state index contributed by atoms with van der Waals surface area (Å²) in [5, 5.41) is 2.41. The lowest BCUT2D eigenvalue weighted by atomic mass is 10.1. The number of halogens is 2. The first-order valence-corrected chi connectivity index (χ1v) is 7.03. The van der Waals surface area contributed by atoms with Gasteiger partial charge in [0.05, 0.1) is 10.6 Å². The molecule has 0 aliphatic heterocycles. The molecule has 2 amide bonds. The number of anilines is 1. The SMILES string of the molecule is Cc1ccc(C(N)=O)c(OCC(=O)Nc2ccc(F)c(Cl)c2)c1. The van der Waals surface area contributed by atoms with Gasteiger partial charge in [0.15, 0.2) is 6.61 Å². The van der Waals surface area contributed by atoms with Gasteiger partial charge in [-0.2, -0.15) is 0 Å². The molecule has 0 bridgehead atoms. The fourth-order valence-electron chi connectivity index (χ4n) is 1.87. The summed E-state index contributed by atoms with van der Waals surface area (Å²) in [7, 11) is 0. The summed E-state index contributed by atoms with van der Waals surface area (Å²) in [5.41, 5.74) is 6.64. The Morgan fingerprint density at radius 2 is 2.00 bits per heavy atom. The van der Waals surface area contributed by atoms with Gasteiger partial charge in [-0.1, -0.05) is 17.7 Å². The number of hydrogen-bond donors (Lipinski definition) is 2. The van der Waals surface area contributed by atoms with E-state index < -0.39 is 17.6 Å². The summed E-state index contributed by atoms with van der Waals surface area (Å²) in [6.07, 6.45) is 0. The second kappa shape index (κ2) is 7.11. The molecule has 0 aliphatic rings. The normalized spacial score (nSPS) is 10.2. The molecule has 7 heteroatoms. The molecule has 0 heterocycles. The van der Waals surface area contributed by atoms with Crippen LogP contribution in [0.25, 0.3) is 0 Å². The van der Waals surface area contributed by atoms with Crippen LogP contribution in [0.3, 0.4) is 0 Å². The Bertz CT molecular complexity index is 765. The van der Waals surface area contributed by atoms with Crippen LogP contribution >= 0.6 is 11.6 Å². The molecule has 0 saturated heterocycles. The van der Waals surface area contributed by atoms with Crippen LogP contribution in [0.1, 0.15) is 15.9 Å². The van der Waals surface area contributed by atoms with Crippen molar-refractivity contribution in [2.24, 2.45) is 5.73 Å². The predicted molar refractivity (Wildman–Crippen MR) is 85.2 cm³/mol. The van der Waals surface area contributed by atoms with E-state index in [1.165, 1.54) is 18.2 Å². The summed E-state index contributed by atoms with van der Waals surface area (Å²) >= 11 is 5.63. The third-order valence-electron chi connectivity index (χ3n) is 2.96. The monoisotopic (exact) mass is 336 g/mol. The number of rotatable bonds is 5. The van der Waals surface area contributed by atoms with Crippen LogP contribution in [-0.2, 0) is 4.79 Å². The number of benzene rings is 2. The zero-order valence-corrected chi connectivity index (χ0v) is 13.0. The number of aryl methyl sites for hydroxylation is 1. The van der Waals surface area contributed by atoms with Gasteiger partial charge in [-0.25, -0.2) is 4.39 Å². The van der Waals surface area contributed by atoms with Gasteiger partial charge in [0, 0.05) is 5.69 Å². The van der Waals surface area contributed by atoms with Gasteiger partial charge < -0.3 is 15.8 Å². The smallest absolute Gasteiger partial charge is 0.262 e. The first kappa shape index (κ1) is 16.8. The fraction of sp³-hybridized carbons (Fsp3) is 0.125. The molecule has 0 atom stereocenters. The molecule has 0 radical (unpaired) electrons. The average molecular weight is 337 g/mol. The van der Waals surface area contributed by atoms with E-state index in [0.717, 1.165) is 11.6 Å². The highest BCUT2D eigenvalue weighted by molar-refractivity contribution is 6.31. The largest absolute Gasteiger partial charge is 0.483 e. The van der Waals surface area contributed by atoms with Crippen molar-refractivity contribution in [2.75, 3.05) is 11.9 Å². The van der Waals surface area contributed by atoms with Crippen LogP contribution in [0, 0.1) is 12.7 Å². The Labute approximate surface area is 137 Å². The number of amides is 2. The maximum absolute atomic E-state index is 13.1. The molecule has 0 saturated carbocycles. The summed E-state index contributed by atoms with van der Waals surface area (Å²) < 4.78 is 18.4. The van der Waals surface area contributed by atoms with Crippen LogP contribution in [0.5, 0.6) is 5.75 Å². The van der Waals surface area contributed by atoms with E-state index in [1.54, 1.807) is 12.1 Å². The van der Waals surface area contributed by atoms with Crippen LogP contribution < -0.4 is 15.8 Å². The van der Waals surface area contributed by atoms with Gasteiger partial charge in [0.2, 0.25) is 0 Å². The van der Waals surface area contributed by atoms with Gasteiger partial charge in [-0.05, 0) is 42.8 Å². The van der Waals surface area contributed by atoms with E-state index >= 15 is 0 Å². The lowest BCUT2D eigenvalue weighted by Gasteiger charge is -2.11. The summed E-state index contributed by atoms with van der Waals surface area (Å²) in [6, 6.07) is 8.67. The first-order chi connectivity index (χ1) is 10.9. The Morgan fingerprint density at radius 1 is 1.26 bits per heavy atom. The van der Waals surface area contributed by atoms with Crippen molar-refractivity contribution in [3.8, 4) is 5.75 Å². The van der Waals surface area contributed by atoms with E-state index in [2.05, 4.69) is 5.32 Å². The molecule has 120 valence electrons. The Hall–Kier alpha value is -2.60. The third-order valence-corrected chi connectivity index (χ3v) is 3.25. The van der Waals surface area contributed by atoms with E-state index in [4.69, 9.17) is 22.1 Å². The Kier molecular flexibility index (Phi) is 5.18. The molecule has 0 spiro atoms. The maximum atomic E-state index is 13.1. The topological polar surface area (TPSA) is 81.4 Å². The van der Waals surface area contributed by atoms with Gasteiger partial charge in [-0.3, -0.25) is 9.59 Å². The minimum atomic E-state index is -0.647. The molecule has 0 aromatic heterocycles. The number of nitrogens with one attached hydrogen (secondary N) is 1. The van der Waals surface area contributed by atoms with Crippen molar-refractivity contribution in [3.63, 3.8) is 0 Å². The molecule has 0 aliphatic carbocycles. The third kappa shape index (κ3) is 4.43. The Morgan fingerprint density at radius 3 is 2.65 bits per heavy atom. The molecule has 2 rings (SSSR count). The standard InChI is InChI=1S/C16H14ClFN2O3/c1-9-2-4-11(16(19)22)14(6-9)23-8-15(21)20-10-3-5-13(18)12(17)7-10/h2-7H,8H2,1H3,(H2,19,22)(H,20,21). The molecule has 0 fully saturated rings. The molecule has 5 nitrogen and oxygen atoms in total. The first-order valence-electron chi connectivity index (χ1n) is 6.65. The van der Waals surface area contributed by atoms with Crippen LogP contribution in [-0.4, -0.2) is 18.4 Å². The van der Waals surface area contributed by atoms with E-state index in [1.807, 2.05) is 6.92 Å². The van der Waals surface area contributed by atoms with Crippen molar-refractivity contribution in [2.45, 2.75) is 6.92 Å². The van der Waals surface area contributed by atoms with Crippen LogP contribution in [0.15, 0.2) is 36.4 Å². The van der Waals surface area contributed by atoms with E-state index in [0.29, 0.717) is 5.69 Å². The number of carbonyl (C=O) groups excluding carboxylic acids is 2. The van der Waals surface area contributed by atoms with Gasteiger partial charge in [0.25, 0.3) is 11.8 Å². The molecule has 2 aromatic rings. The molecule has 2 aromatic carbocycles. The molecule has 3 N–H and O–H groups in total. The highest BCUT2D eigenvalue weighted by Gasteiger charge is 2.12. The minimum Gasteiger partial charge on any atom is -0.483 e. The number of nitrogens with two attached hydrogens (primary N) is 1. The van der Waals surface area contributed by atoms with Crippen LogP contribution in [0.4, 0.5) is 10.1 Å². The lowest BCUT2D eigenvalue weighted by molar-refractivity contribution is -0.118. The molecule has 23 heavy (non-hydrogen) atoms. The molecular weight excluding hydrogens is 323 g/mol. The van der Waals surface area contributed by atoms with Crippen molar-refractivity contribution < 1.29 is 18.7 Å². The number of carbonyl (C=O) groups is 2. The quantitative estimate of drug-likeness (QED) is 0.880. The van der Waals surface area contributed by atoms with Gasteiger partial charge >= 0.3 is 0 Å². The van der Waals surface area contributed by atoms with Crippen molar-refractivity contribution in [3.05, 3.63) is 58.4 Å². The van der Waals surface area contributed by atoms with Gasteiger partial charge in [0.1, 0.15) is 11.6 Å². The second-order valence-corrected chi connectivity index (χ2v) is 5.24. The average Bonchev–Trinajstić information content (AvgIpc) is 2.48. The van der Waals surface area contributed by atoms with Crippen LogP contribution in [0.2, 0.25) is 5.02 Å². The number of ether oxygens (including phenoxy) is 1. The van der Waals surface area contributed by atoms with Crippen molar-refractivity contribution >= 4 is 29.1 Å². The zero-order valence-electron chi connectivity index (χ0n) is 12.2. The van der Waals surface area contributed by atoms with Crippen molar-refractivity contribution in [1.82, 2.24) is 0 Å². The van der Waals surface area contributed by atoms with E-state index in [-0.39, 0.29) is 22.9 Å². The number of hydrogen-bond acceptors (Lipinski definition) is 3. The maximum Gasteiger partial charge on any atom is 0.262 e. The zero-order chi connectivity index (χ0) is 17.0. The second-order valence-electron chi connectivity index (χ2n) is 4.83. The minimum absolute atomic E-state index is 0.0987. The highest BCUT2D eigenvalue weighted by atomic mass is 35.5. The fourth-order valence-corrected chi connectivity index (χ4v) is 2.05. The molecule has 0 unspecified atom stereocenters. The van der Waals surface area contributed by atoms with Gasteiger partial charge in [-0.15, -0.1) is 0 Å². The summed E-state index contributed by atoms with van der Waals surface area (Å²) in [4.78, 5) is 23.2. The summed E-state index contributed by atoms with van der Waals surface area (Å²) in [6.45, 7) is 1.48. The summed E-state index contributed by atoms with van der Waals surface area (Å²) in [5.74, 6) is -1.48. The lowest BCUT2D eigenvalue weighted by Crippen LogP contribution is -2.21.